The molecule has 0 unspecified atom stereocenters. The molecule has 2 aromatic heterocycles. The minimum atomic E-state index is -0.476. The lowest BCUT2D eigenvalue weighted by molar-refractivity contribution is 0.0473. The third-order valence-electron chi connectivity index (χ3n) is 5.19. The van der Waals surface area contributed by atoms with Crippen LogP contribution < -0.4 is 0 Å². The van der Waals surface area contributed by atoms with Gasteiger partial charge in [-0.15, -0.1) is 0 Å². The highest BCUT2D eigenvalue weighted by Crippen LogP contribution is 2.29. The Hall–Kier alpha value is -3.12. The topological polar surface area (TPSA) is 72.4 Å². The predicted molar refractivity (Wildman–Crippen MR) is 110 cm³/mol. The van der Waals surface area contributed by atoms with E-state index in [2.05, 4.69) is 16.8 Å². The molecule has 0 N–H and O–H groups in total. The normalized spacial score (nSPS) is 13.8. The highest BCUT2D eigenvalue weighted by molar-refractivity contribution is 6.06. The van der Waals surface area contributed by atoms with Gasteiger partial charge < -0.3 is 4.74 Å². The van der Waals surface area contributed by atoms with Gasteiger partial charge in [-0.3, -0.25) is 19.7 Å². The first kappa shape index (κ1) is 19.2. The summed E-state index contributed by atoms with van der Waals surface area (Å²) in [4.78, 5) is 36.5. The van der Waals surface area contributed by atoms with Gasteiger partial charge in [-0.2, -0.15) is 0 Å². The van der Waals surface area contributed by atoms with Gasteiger partial charge in [0.15, 0.2) is 6.61 Å². The van der Waals surface area contributed by atoms with E-state index in [1.165, 1.54) is 6.20 Å². The van der Waals surface area contributed by atoms with E-state index in [1.54, 1.807) is 18.3 Å². The molecule has 1 aliphatic heterocycles. The van der Waals surface area contributed by atoms with Crippen LogP contribution in [0.25, 0.3) is 10.9 Å². The summed E-state index contributed by atoms with van der Waals surface area (Å²) in [5.74, 6) is -0.748. The van der Waals surface area contributed by atoms with Crippen LogP contribution in [0.5, 0.6) is 0 Å². The monoisotopic (exact) mass is 389 g/mol. The van der Waals surface area contributed by atoms with E-state index >= 15 is 0 Å². The van der Waals surface area contributed by atoms with Gasteiger partial charge in [0, 0.05) is 54.1 Å². The minimum Gasteiger partial charge on any atom is -0.454 e. The Morgan fingerprint density at radius 3 is 2.83 bits per heavy atom. The fourth-order valence-electron chi connectivity index (χ4n) is 3.80. The second-order valence-electron chi connectivity index (χ2n) is 7.20. The molecule has 0 radical (unpaired) electrons. The third kappa shape index (κ3) is 4.03. The Balaban J connectivity index is 1.65. The molecule has 0 aliphatic carbocycles. The van der Waals surface area contributed by atoms with Gasteiger partial charge in [-0.05, 0) is 31.2 Å². The number of para-hydroxylation sites is 1. The van der Waals surface area contributed by atoms with E-state index in [0.717, 1.165) is 48.1 Å². The molecular weight excluding hydrogens is 366 g/mol. The van der Waals surface area contributed by atoms with Gasteiger partial charge in [0.1, 0.15) is 0 Å². The molecule has 0 saturated carbocycles. The fraction of sp³-hybridized carbons (Fsp3) is 0.304. The maximum Gasteiger partial charge on any atom is 0.339 e. The molecule has 1 aliphatic rings. The summed E-state index contributed by atoms with van der Waals surface area (Å²) in [5, 5.41) is 0.767. The average molecular weight is 389 g/mol. The fourth-order valence-corrected chi connectivity index (χ4v) is 3.80. The molecule has 0 bridgehead atoms. The van der Waals surface area contributed by atoms with Gasteiger partial charge >= 0.3 is 5.97 Å². The Bertz CT molecular complexity index is 1050. The van der Waals surface area contributed by atoms with Crippen molar-refractivity contribution < 1.29 is 14.3 Å². The van der Waals surface area contributed by atoms with E-state index in [9.17, 15) is 9.59 Å². The van der Waals surface area contributed by atoms with E-state index in [4.69, 9.17) is 9.72 Å². The van der Waals surface area contributed by atoms with Crippen LogP contribution in [0.15, 0.2) is 48.8 Å². The maximum absolute atomic E-state index is 13.1. The summed E-state index contributed by atoms with van der Waals surface area (Å²) in [5.41, 5.74) is 3.60. The molecule has 3 heterocycles. The van der Waals surface area contributed by atoms with Gasteiger partial charge in [-0.25, -0.2) is 4.79 Å². The van der Waals surface area contributed by atoms with Crippen molar-refractivity contribution in [2.75, 3.05) is 19.7 Å². The molecule has 4 rings (SSSR count). The largest absolute Gasteiger partial charge is 0.454 e. The number of Topliss-reactive ketones (excluding diaryl/α,β-unsaturated/α-hetero) is 1. The van der Waals surface area contributed by atoms with Crippen molar-refractivity contribution >= 4 is 22.7 Å². The van der Waals surface area contributed by atoms with Crippen LogP contribution in [0.2, 0.25) is 0 Å². The second kappa shape index (κ2) is 8.49. The van der Waals surface area contributed by atoms with Crippen LogP contribution in [0.4, 0.5) is 0 Å². The van der Waals surface area contributed by atoms with Gasteiger partial charge in [0.05, 0.1) is 11.1 Å². The Morgan fingerprint density at radius 2 is 2.03 bits per heavy atom. The summed E-state index contributed by atoms with van der Waals surface area (Å²) in [6.45, 7) is 4.41. The molecule has 0 saturated heterocycles. The molecule has 0 atom stereocenters. The first-order valence-corrected chi connectivity index (χ1v) is 9.90. The highest BCUT2D eigenvalue weighted by atomic mass is 16.5. The average Bonchev–Trinajstić information content (AvgIpc) is 2.76. The quantitative estimate of drug-likeness (QED) is 0.475. The molecule has 29 heavy (non-hydrogen) atoms. The van der Waals surface area contributed by atoms with Crippen molar-refractivity contribution in [3.63, 3.8) is 0 Å². The van der Waals surface area contributed by atoms with Crippen LogP contribution in [0.3, 0.4) is 0 Å². The molecule has 0 fully saturated rings. The number of ketones is 1. The van der Waals surface area contributed by atoms with E-state index in [1.807, 2.05) is 24.3 Å². The van der Waals surface area contributed by atoms with Crippen LogP contribution in [-0.4, -0.2) is 46.3 Å². The standard InChI is InChI=1S/C23H23N3O3/c1-2-11-26-12-9-20-18(14-26)22(17-7-3-4-8-19(17)25-20)23(28)29-15-21(27)16-6-5-10-24-13-16/h3-8,10,13H,2,9,11-12,14-15H2,1H3. The zero-order valence-corrected chi connectivity index (χ0v) is 16.4. The zero-order chi connectivity index (χ0) is 20.2. The van der Waals surface area contributed by atoms with Crippen LogP contribution in [-0.2, 0) is 17.7 Å². The SMILES string of the molecule is CCCN1CCc2nc3ccccc3c(C(=O)OCC(=O)c3cccnc3)c2C1. The van der Waals surface area contributed by atoms with Crippen LogP contribution in [0.1, 0.15) is 45.3 Å². The number of carbonyl (C=O) groups is 2. The van der Waals surface area contributed by atoms with Gasteiger partial charge in [-0.1, -0.05) is 25.1 Å². The summed E-state index contributed by atoms with van der Waals surface area (Å²) < 4.78 is 5.45. The number of esters is 1. The number of hydrogen-bond donors (Lipinski definition) is 0. The molecule has 0 amide bonds. The summed E-state index contributed by atoms with van der Waals surface area (Å²) in [6.07, 6.45) is 4.92. The lowest BCUT2D eigenvalue weighted by atomic mass is 9.95. The van der Waals surface area contributed by atoms with Crippen molar-refractivity contribution in [2.45, 2.75) is 26.3 Å². The van der Waals surface area contributed by atoms with Crippen molar-refractivity contribution in [1.82, 2.24) is 14.9 Å². The number of pyridine rings is 2. The molecular formula is C23H23N3O3. The van der Waals surface area contributed by atoms with Crippen molar-refractivity contribution in [2.24, 2.45) is 0 Å². The maximum atomic E-state index is 13.1. The van der Waals surface area contributed by atoms with Crippen LogP contribution >= 0.6 is 0 Å². The number of carbonyl (C=O) groups excluding carboxylic acids is 2. The summed E-state index contributed by atoms with van der Waals surface area (Å²) in [6, 6.07) is 10.9. The molecule has 0 spiro atoms. The number of hydrogen-bond acceptors (Lipinski definition) is 6. The molecule has 6 nitrogen and oxygen atoms in total. The van der Waals surface area contributed by atoms with E-state index < -0.39 is 5.97 Å². The number of rotatable bonds is 6. The predicted octanol–water partition coefficient (Wildman–Crippen LogP) is 3.44. The minimum absolute atomic E-state index is 0.272. The highest BCUT2D eigenvalue weighted by Gasteiger charge is 2.26. The Morgan fingerprint density at radius 1 is 1.17 bits per heavy atom. The second-order valence-corrected chi connectivity index (χ2v) is 7.20. The summed E-state index contributed by atoms with van der Waals surface area (Å²) in [7, 11) is 0. The number of benzene rings is 1. The zero-order valence-electron chi connectivity index (χ0n) is 16.4. The summed E-state index contributed by atoms with van der Waals surface area (Å²) >= 11 is 0. The first-order chi connectivity index (χ1) is 14.2. The van der Waals surface area contributed by atoms with Crippen molar-refractivity contribution in [3.05, 3.63) is 71.2 Å². The lowest BCUT2D eigenvalue weighted by Gasteiger charge is -2.29. The number of ether oxygens (including phenoxy) is 1. The Kier molecular flexibility index (Phi) is 5.62. The molecule has 1 aromatic carbocycles. The van der Waals surface area contributed by atoms with Crippen LogP contribution in [0, 0.1) is 0 Å². The van der Waals surface area contributed by atoms with E-state index in [-0.39, 0.29) is 12.4 Å². The third-order valence-corrected chi connectivity index (χ3v) is 5.19. The Labute approximate surface area is 169 Å². The van der Waals surface area contributed by atoms with E-state index in [0.29, 0.717) is 17.7 Å². The van der Waals surface area contributed by atoms with Gasteiger partial charge in [0.2, 0.25) is 5.78 Å². The number of aromatic nitrogens is 2. The van der Waals surface area contributed by atoms with Gasteiger partial charge in [0.25, 0.3) is 0 Å². The van der Waals surface area contributed by atoms with Crippen molar-refractivity contribution in [3.8, 4) is 0 Å². The molecule has 6 heteroatoms. The molecule has 3 aromatic rings. The van der Waals surface area contributed by atoms with Crippen molar-refractivity contribution in [1.29, 1.82) is 0 Å². The lowest BCUT2D eigenvalue weighted by Crippen LogP contribution is -2.33. The number of nitrogens with zero attached hydrogens (tertiary/aromatic N) is 3. The smallest absolute Gasteiger partial charge is 0.339 e. The first-order valence-electron chi connectivity index (χ1n) is 9.90. The number of fused-ring (bicyclic) bond motifs is 2. The molecule has 148 valence electrons.